The zero-order valence-corrected chi connectivity index (χ0v) is 11.4. The van der Waals surface area contributed by atoms with Crippen molar-refractivity contribution in [1.82, 2.24) is 9.97 Å². The van der Waals surface area contributed by atoms with Gasteiger partial charge in [-0.2, -0.15) is 0 Å². The van der Waals surface area contributed by atoms with Crippen LogP contribution in [0, 0.1) is 0 Å². The lowest BCUT2D eigenvalue weighted by Gasteiger charge is -2.14. The molecule has 3 aromatic rings. The van der Waals surface area contributed by atoms with Crippen LogP contribution in [0.3, 0.4) is 0 Å². The predicted octanol–water partition coefficient (Wildman–Crippen LogP) is 2.79. The Morgan fingerprint density at radius 2 is 2.00 bits per heavy atom. The first-order valence-corrected chi connectivity index (χ1v) is 6.50. The van der Waals surface area contributed by atoms with Crippen molar-refractivity contribution in [2.24, 2.45) is 0 Å². The molecule has 21 heavy (non-hydrogen) atoms. The number of carboxylic acids is 1. The molecule has 1 atom stereocenters. The standard InChI is InChI=1S/C16H14N2O3/c1-21-12-8-7-11(14-15(12)18-9-17-14)13(16(19)20)10-5-3-2-4-6-10/h2-9,13H,1H3,(H,17,18)(H,19,20). The molecule has 0 spiro atoms. The van der Waals surface area contributed by atoms with Gasteiger partial charge in [-0.25, -0.2) is 4.98 Å². The summed E-state index contributed by atoms with van der Waals surface area (Å²) in [7, 11) is 1.57. The lowest BCUT2D eigenvalue weighted by atomic mass is 9.90. The quantitative estimate of drug-likeness (QED) is 0.771. The minimum atomic E-state index is -0.907. The van der Waals surface area contributed by atoms with Gasteiger partial charge < -0.3 is 14.8 Å². The minimum absolute atomic E-state index is 0.616. The molecule has 0 aliphatic heterocycles. The van der Waals surface area contributed by atoms with Gasteiger partial charge in [-0.1, -0.05) is 36.4 Å². The Bertz CT molecular complexity index is 781. The second kappa shape index (κ2) is 5.28. The Hall–Kier alpha value is -2.82. The van der Waals surface area contributed by atoms with E-state index in [0.717, 1.165) is 5.56 Å². The monoisotopic (exact) mass is 282 g/mol. The summed E-state index contributed by atoms with van der Waals surface area (Å²) >= 11 is 0. The van der Waals surface area contributed by atoms with Crippen LogP contribution < -0.4 is 4.74 Å². The molecule has 2 N–H and O–H groups in total. The van der Waals surface area contributed by atoms with E-state index in [1.54, 1.807) is 25.6 Å². The summed E-state index contributed by atoms with van der Waals surface area (Å²) in [6.07, 6.45) is 1.54. The van der Waals surface area contributed by atoms with Crippen molar-refractivity contribution in [2.75, 3.05) is 7.11 Å². The largest absolute Gasteiger partial charge is 0.494 e. The Labute approximate surface area is 121 Å². The summed E-state index contributed by atoms with van der Waals surface area (Å²) in [6, 6.07) is 12.7. The van der Waals surface area contributed by atoms with Crippen LogP contribution in [0.5, 0.6) is 5.75 Å². The molecule has 0 fully saturated rings. The van der Waals surface area contributed by atoms with E-state index in [9.17, 15) is 9.90 Å². The van der Waals surface area contributed by atoms with Gasteiger partial charge in [0.1, 0.15) is 17.2 Å². The van der Waals surface area contributed by atoms with Gasteiger partial charge in [-0.15, -0.1) is 0 Å². The Balaban J connectivity index is 2.22. The molecule has 0 saturated carbocycles. The summed E-state index contributed by atoms with van der Waals surface area (Å²) < 4.78 is 5.27. The number of aliphatic carboxylic acids is 1. The molecular formula is C16H14N2O3. The van der Waals surface area contributed by atoms with E-state index in [1.807, 2.05) is 30.3 Å². The third-order valence-electron chi connectivity index (χ3n) is 3.48. The SMILES string of the molecule is COc1ccc(C(C(=O)O)c2ccccc2)c2nc[nH]c12. The molecule has 1 aromatic heterocycles. The number of rotatable bonds is 4. The van der Waals surface area contributed by atoms with Crippen molar-refractivity contribution in [3.05, 3.63) is 59.9 Å². The first kappa shape index (κ1) is 13.2. The number of carboxylic acid groups (broad SMARTS) is 1. The number of carbonyl (C=O) groups is 1. The summed E-state index contributed by atoms with van der Waals surface area (Å²) in [5.41, 5.74) is 2.69. The molecule has 5 heteroatoms. The first-order chi connectivity index (χ1) is 10.2. The lowest BCUT2D eigenvalue weighted by molar-refractivity contribution is -0.137. The van der Waals surface area contributed by atoms with Crippen LogP contribution in [0.1, 0.15) is 17.0 Å². The summed E-state index contributed by atoms with van der Waals surface area (Å²) in [5, 5.41) is 9.63. The Morgan fingerprint density at radius 1 is 1.24 bits per heavy atom. The highest BCUT2D eigenvalue weighted by atomic mass is 16.5. The maximum absolute atomic E-state index is 11.8. The molecule has 0 aliphatic carbocycles. The number of H-pyrrole nitrogens is 1. The van der Waals surface area contributed by atoms with E-state index < -0.39 is 11.9 Å². The highest BCUT2D eigenvalue weighted by molar-refractivity contribution is 5.91. The van der Waals surface area contributed by atoms with Gasteiger partial charge in [-0.05, 0) is 17.2 Å². The fourth-order valence-corrected chi connectivity index (χ4v) is 2.53. The molecule has 5 nitrogen and oxygen atoms in total. The third kappa shape index (κ3) is 2.23. The van der Waals surface area contributed by atoms with E-state index in [1.165, 1.54) is 0 Å². The molecule has 2 aromatic carbocycles. The molecular weight excluding hydrogens is 268 g/mol. The number of hydrogen-bond acceptors (Lipinski definition) is 3. The van der Waals surface area contributed by atoms with Crippen molar-refractivity contribution in [2.45, 2.75) is 5.92 Å². The van der Waals surface area contributed by atoms with Crippen molar-refractivity contribution >= 4 is 17.0 Å². The molecule has 106 valence electrons. The van der Waals surface area contributed by atoms with Crippen molar-refractivity contribution < 1.29 is 14.6 Å². The predicted molar refractivity (Wildman–Crippen MR) is 78.6 cm³/mol. The number of hydrogen-bond donors (Lipinski definition) is 2. The number of methoxy groups -OCH3 is 1. The number of aromatic nitrogens is 2. The second-order valence-corrected chi connectivity index (χ2v) is 4.67. The van der Waals surface area contributed by atoms with E-state index in [-0.39, 0.29) is 0 Å². The molecule has 3 rings (SSSR count). The van der Waals surface area contributed by atoms with Gasteiger partial charge >= 0.3 is 5.97 Å². The average molecular weight is 282 g/mol. The number of aromatic amines is 1. The number of benzene rings is 2. The first-order valence-electron chi connectivity index (χ1n) is 6.50. The normalized spacial score (nSPS) is 12.2. The van der Waals surface area contributed by atoms with Crippen LogP contribution in [-0.2, 0) is 4.79 Å². The average Bonchev–Trinajstić information content (AvgIpc) is 2.98. The van der Waals surface area contributed by atoms with E-state index in [0.29, 0.717) is 22.3 Å². The minimum Gasteiger partial charge on any atom is -0.494 e. The Morgan fingerprint density at radius 3 is 2.67 bits per heavy atom. The number of nitrogens with one attached hydrogen (secondary N) is 1. The highest BCUT2D eigenvalue weighted by Crippen LogP contribution is 2.33. The van der Waals surface area contributed by atoms with Crippen LogP contribution in [0.4, 0.5) is 0 Å². The van der Waals surface area contributed by atoms with Crippen molar-refractivity contribution in [3.63, 3.8) is 0 Å². The molecule has 1 heterocycles. The summed E-state index contributed by atoms with van der Waals surface area (Å²) in [5.74, 6) is -1.03. The molecule has 0 radical (unpaired) electrons. The molecule has 0 aliphatic rings. The van der Waals surface area contributed by atoms with Gasteiger partial charge in [0, 0.05) is 0 Å². The smallest absolute Gasteiger partial charge is 0.315 e. The molecule has 0 bridgehead atoms. The van der Waals surface area contributed by atoms with E-state index in [4.69, 9.17) is 4.74 Å². The fourth-order valence-electron chi connectivity index (χ4n) is 2.53. The number of nitrogens with zero attached hydrogens (tertiary/aromatic N) is 1. The third-order valence-corrected chi connectivity index (χ3v) is 3.48. The van der Waals surface area contributed by atoms with Gasteiger partial charge in [0.2, 0.25) is 0 Å². The summed E-state index contributed by atoms with van der Waals surface area (Å²) in [6.45, 7) is 0. The zero-order valence-electron chi connectivity index (χ0n) is 11.4. The van der Waals surface area contributed by atoms with Crippen molar-refractivity contribution in [3.8, 4) is 5.75 Å². The van der Waals surface area contributed by atoms with Crippen LogP contribution in [0.25, 0.3) is 11.0 Å². The van der Waals surface area contributed by atoms with Crippen LogP contribution >= 0.6 is 0 Å². The molecule has 0 saturated heterocycles. The van der Waals surface area contributed by atoms with Crippen LogP contribution in [0.15, 0.2) is 48.8 Å². The number of fused-ring (bicyclic) bond motifs is 1. The topological polar surface area (TPSA) is 75.2 Å². The Kier molecular flexibility index (Phi) is 3.31. The van der Waals surface area contributed by atoms with Crippen molar-refractivity contribution in [1.29, 1.82) is 0 Å². The maximum atomic E-state index is 11.8. The van der Waals surface area contributed by atoms with E-state index in [2.05, 4.69) is 9.97 Å². The highest BCUT2D eigenvalue weighted by Gasteiger charge is 2.25. The maximum Gasteiger partial charge on any atom is 0.315 e. The van der Waals surface area contributed by atoms with Gasteiger partial charge in [0.05, 0.1) is 19.0 Å². The van der Waals surface area contributed by atoms with Gasteiger partial charge in [0.25, 0.3) is 0 Å². The van der Waals surface area contributed by atoms with Gasteiger partial charge in [-0.3, -0.25) is 4.79 Å². The number of imidazole rings is 1. The lowest BCUT2D eigenvalue weighted by Crippen LogP contribution is -2.13. The number of ether oxygens (including phenoxy) is 1. The van der Waals surface area contributed by atoms with Crippen LogP contribution in [-0.4, -0.2) is 28.2 Å². The zero-order chi connectivity index (χ0) is 14.8. The summed E-state index contributed by atoms with van der Waals surface area (Å²) in [4.78, 5) is 19.0. The fraction of sp³-hybridized carbons (Fsp3) is 0.125. The van der Waals surface area contributed by atoms with Gasteiger partial charge in [0.15, 0.2) is 0 Å². The second-order valence-electron chi connectivity index (χ2n) is 4.67. The molecule has 1 unspecified atom stereocenters. The van der Waals surface area contributed by atoms with Crippen LogP contribution in [0.2, 0.25) is 0 Å². The van der Waals surface area contributed by atoms with E-state index >= 15 is 0 Å². The molecule has 0 amide bonds.